The van der Waals surface area contributed by atoms with Gasteiger partial charge in [-0.2, -0.15) is 0 Å². The Morgan fingerprint density at radius 1 is 1.12 bits per heavy atom. The van der Waals surface area contributed by atoms with Crippen LogP contribution in [0, 0.1) is 5.92 Å². The standard InChI is InChI=1S/C17H25N3O6/c1-10(2)8-12(15(22)20-13(14(18)21)16(23)24)19-17(25)26-9-11-6-4-3-5-7-11/h3-7,10,12-13,16,23-24H,8-9H2,1-2H3,(H2,18,21)(H,19,25)(H,20,22)/t12-,13+/m0/s1. The van der Waals surface area contributed by atoms with Crippen molar-refractivity contribution < 1.29 is 29.3 Å². The molecule has 1 rings (SSSR count). The highest BCUT2D eigenvalue weighted by molar-refractivity contribution is 5.90. The van der Waals surface area contributed by atoms with Crippen molar-refractivity contribution >= 4 is 17.9 Å². The summed E-state index contributed by atoms with van der Waals surface area (Å²) >= 11 is 0. The van der Waals surface area contributed by atoms with E-state index in [2.05, 4.69) is 10.6 Å². The number of primary amides is 1. The topological polar surface area (TPSA) is 151 Å². The Kier molecular flexibility index (Phi) is 8.53. The number of hydrogen-bond acceptors (Lipinski definition) is 6. The predicted molar refractivity (Wildman–Crippen MR) is 92.4 cm³/mol. The number of benzene rings is 1. The molecule has 2 atom stereocenters. The number of aliphatic hydroxyl groups excluding tert-OH is 1. The van der Waals surface area contributed by atoms with Gasteiger partial charge in [-0.1, -0.05) is 44.2 Å². The fourth-order valence-corrected chi connectivity index (χ4v) is 2.16. The molecule has 1 aromatic rings. The summed E-state index contributed by atoms with van der Waals surface area (Å²) in [5.41, 5.74) is 5.80. The van der Waals surface area contributed by atoms with Crippen LogP contribution in [0.5, 0.6) is 0 Å². The number of carbonyl (C=O) groups is 3. The molecule has 0 heterocycles. The maximum Gasteiger partial charge on any atom is 0.408 e. The first kappa shape index (κ1) is 21.4. The van der Waals surface area contributed by atoms with Crippen LogP contribution in [0.3, 0.4) is 0 Å². The minimum atomic E-state index is -2.15. The Hall–Kier alpha value is -2.65. The van der Waals surface area contributed by atoms with Gasteiger partial charge in [-0.05, 0) is 17.9 Å². The number of aliphatic hydroxyl groups is 2. The van der Waals surface area contributed by atoms with Gasteiger partial charge in [-0.3, -0.25) is 9.59 Å². The van der Waals surface area contributed by atoms with Gasteiger partial charge < -0.3 is 31.3 Å². The zero-order chi connectivity index (χ0) is 19.7. The van der Waals surface area contributed by atoms with E-state index in [0.717, 1.165) is 5.56 Å². The summed E-state index contributed by atoms with van der Waals surface area (Å²) in [5.74, 6) is -1.85. The Labute approximate surface area is 151 Å². The molecule has 0 unspecified atom stereocenters. The smallest absolute Gasteiger partial charge is 0.408 e. The summed E-state index contributed by atoms with van der Waals surface area (Å²) in [5, 5.41) is 22.8. The lowest BCUT2D eigenvalue weighted by Gasteiger charge is -2.23. The van der Waals surface area contributed by atoms with Crippen LogP contribution in [0.25, 0.3) is 0 Å². The van der Waals surface area contributed by atoms with Gasteiger partial charge in [0.15, 0.2) is 12.3 Å². The fraction of sp³-hybridized carbons (Fsp3) is 0.471. The van der Waals surface area contributed by atoms with Crippen LogP contribution in [-0.2, 0) is 20.9 Å². The van der Waals surface area contributed by atoms with Crippen molar-refractivity contribution in [3.63, 3.8) is 0 Å². The Morgan fingerprint density at radius 3 is 2.23 bits per heavy atom. The first-order valence-electron chi connectivity index (χ1n) is 8.13. The molecule has 26 heavy (non-hydrogen) atoms. The summed E-state index contributed by atoms with van der Waals surface area (Å²) in [6.45, 7) is 3.70. The van der Waals surface area contributed by atoms with Gasteiger partial charge in [0.25, 0.3) is 0 Å². The molecule has 0 fully saturated rings. The van der Waals surface area contributed by atoms with Gasteiger partial charge in [0.05, 0.1) is 0 Å². The molecular formula is C17H25N3O6. The Balaban J connectivity index is 2.68. The summed E-state index contributed by atoms with van der Waals surface area (Å²) < 4.78 is 5.07. The highest BCUT2D eigenvalue weighted by Crippen LogP contribution is 2.07. The third-order valence-electron chi connectivity index (χ3n) is 3.43. The fourth-order valence-electron chi connectivity index (χ4n) is 2.16. The SMILES string of the molecule is CC(C)C[C@H](NC(=O)OCc1ccccc1)C(=O)N[C@H](C(N)=O)C(O)O. The van der Waals surface area contributed by atoms with E-state index in [9.17, 15) is 14.4 Å². The van der Waals surface area contributed by atoms with Crippen LogP contribution in [0.15, 0.2) is 30.3 Å². The second-order valence-electron chi connectivity index (χ2n) is 6.19. The zero-order valence-electron chi connectivity index (χ0n) is 14.7. The molecule has 0 aliphatic rings. The first-order chi connectivity index (χ1) is 12.2. The van der Waals surface area contributed by atoms with Gasteiger partial charge in [0.2, 0.25) is 11.8 Å². The van der Waals surface area contributed by atoms with Crippen LogP contribution < -0.4 is 16.4 Å². The summed E-state index contributed by atoms with van der Waals surface area (Å²) in [6, 6.07) is 6.29. The van der Waals surface area contributed by atoms with Gasteiger partial charge in [0, 0.05) is 0 Å². The van der Waals surface area contributed by atoms with E-state index in [-0.39, 0.29) is 18.9 Å². The first-order valence-corrected chi connectivity index (χ1v) is 8.13. The minimum Gasteiger partial charge on any atom is -0.445 e. The van der Waals surface area contributed by atoms with Crippen molar-refractivity contribution in [1.29, 1.82) is 0 Å². The molecule has 9 heteroatoms. The average molecular weight is 367 g/mol. The highest BCUT2D eigenvalue weighted by atomic mass is 16.5. The molecule has 0 saturated heterocycles. The summed E-state index contributed by atoms with van der Waals surface area (Å²) in [4.78, 5) is 35.4. The van der Waals surface area contributed by atoms with E-state index in [1.54, 1.807) is 24.3 Å². The van der Waals surface area contributed by atoms with Gasteiger partial charge in [-0.15, -0.1) is 0 Å². The van der Waals surface area contributed by atoms with Gasteiger partial charge in [0.1, 0.15) is 12.6 Å². The third kappa shape index (κ3) is 7.49. The average Bonchev–Trinajstić information content (AvgIpc) is 2.57. The lowest BCUT2D eigenvalue weighted by Crippen LogP contribution is -2.57. The monoisotopic (exact) mass is 367 g/mol. The number of alkyl carbamates (subject to hydrolysis) is 1. The molecule has 0 aliphatic carbocycles. The summed E-state index contributed by atoms with van der Waals surface area (Å²) in [7, 11) is 0. The maximum absolute atomic E-state index is 12.3. The van der Waals surface area contributed by atoms with Crippen LogP contribution in [0.2, 0.25) is 0 Å². The molecule has 0 saturated carbocycles. The van der Waals surface area contributed by atoms with Crippen LogP contribution in [0.4, 0.5) is 4.79 Å². The van der Waals surface area contributed by atoms with Crippen LogP contribution in [0.1, 0.15) is 25.8 Å². The number of hydrogen-bond donors (Lipinski definition) is 5. The molecule has 1 aromatic carbocycles. The Morgan fingerprint density at radius 2 is 1.73 bits per heavy atom. The van der Waals surface area contributed by atoms with E-state index in [1.165, 1.54) is 0 Å². The molecule has 0 radical (unpaired) electrons. The molecule has 9 nitrogen and oxygen atoms in total. The highest BCUT2D eigenvalue weighted by Gasteiger charge is 2.30. The molecule has 0 bridgehead atoms. The van der Waals surface area contributed by atoms with Crippen LogP contribution in [-0.4, -0.2) is 46.5 Å². The predicted octanol–water partition coefficient (Wildman–Crippen LogP) is -0.392. The lowest BCUT2D eigenvalue weighted by molar-refractivity contribution is -0.140. The maximum atomic E-state index is 12.3. The molecule has 0 aliphatic heterocycles. The second-order valence-corrected chi connectivity index (χ2v) is 6.19. The third-order valence-corrected chi connectivity index (χ3v) is 3.43. The molecular weight excluding hydrogens is 342 g/mol. The normalized spacial score (nSPS) is 13.2. The number of nitrogens with one attached hydrogen (secondary N) is 2. The van der Waals surface area contributed by atoms with Gasteiger partial charge in [-0.25, -0.2) is 4.79 Å². The van der Waals surface area contributed by atoms with Gasteiger partial charge >= 0.3 is 6.09 Å². The molecule has 3 amide bonds. The summed E-state index contributed by atoms with van der Waals surface area (Å²) in [6.07, 6.45) is -2.71. The van der Waals surface area contributed by atoms with E-state index in [1.807, 2.05) is 19.9 Å². The van der Waals surface area contributed by atoms with Crippen molar-refractivity contribution in [3.8, 4) is 0 Å². The van der Waals surface area contributed by atoms with E-state index in [0.29, 0.717) is 0 Å². The zero-order valence-corrected chi connectivity index (χ0v) is 14.7. The van der Waals surface area contributed by atoms with E-state index in [4.69, 9.17) is 20.7 Å². The molecule has 6 N–H and O–H groups in total. The minimum absolute atomic E-state index is 0.0297. The molecule has 144 valence electrons. The van der Waals surface area contributed by atoms with E-state index < -0.39 is 36.3 Å². The van der Waals surface area contributed by atoms with Crippen molar-refractivity contribution in [3.05, 3.63) is 35.9 Å². The number of rotatable bonds is 9. The second kappa shape index (κ2) is 10.4. The lowest BCUT2D eigenvalue weighted by atomic mass is 10.0. The van der Waals surface area contributed by atoms with Crippen LogP contribution >= 0.6 is 0 Å². The molecule has 0 spiro atoms. The number of amides is 3. The molecule has 0 aromatic heterocycles. The largest absolute Gasteiger partial charge is 0.445 e. The van der Waals surface area contributed by atoms with E-state index >= 15 is 0 Å². The quantitative estimate of drug-likeness (QED) is 0.375. The number of nitrogens with two attached hydrogens (primary N) is 1. The van der Waals surface area contributed by atoms with Crippen molar-refractivity contribution in [2.45, 2.75) is 45.2 Å². The Bertz CT molecular complexity index is 606. The van der Waals surface area contributed by atoms with Crippen molar-refractivity contribution in [2.75, 3.05) is 0 Å². The number of ether oxygens (including phenoxy) is 1. The van der Waals surface area contributed by atoms with Crippen molar-refractivity contribution in [1.82, 2.24) is 10.6 Å². The van der Waals surface area contributed by atoms with Crippen molar-refractivity contribution in [2.24, 2.45) is 11.7 Å². The number of carbonyl (C=O) groups excluding carboxylic acids is 3.